The van der Waals surface area contributed by atoms with E-state index in [0.717, 1.165) is 11.3 Å². The van der Waals surface area contributed by atoms with Crippen molar-refractivity contribution in [3.8, 4) is 0 Å². The maximum atomic E-state index is 11.4. The van der Waals surface area contributed by atoms with Crippen LogP contribution in [0.1, 0.15) is 18.1 Å². The van der Waals surface area contributed by atoms with Crippen LogP contribution in [0.15, 0.2) is 24.3 Å². The molecule has 18 heavy (non-hydrogen) atoms. The van der Waals surface area contributed by atoms with Crippen molar-refractivity contribution in [1.82, 2.24) is 5.32 Å². The maximum absolute atomic E-state index is 11.4. The minimum atomic E-state index is -1.02. The number of hydrogen-bond acceptors (Lipinski definition) is 3. The largest absolute Gasteiger partial charge is 0.480 e. The van der Waals surface area contributed by atoms with Crippen molar-refractivity contribution < 1.29 is 14.7 Å². The van der Waals surface area contributed by atoms with E-state index in [1.54, 1.807) is 0 Å². The van der Waals surface area contributed by atoms with E-state index < -0.39 is 12.0 Å². The number of carbonyl (C=O) groups excluding carboxylic acids is 1. The summed E-state index contributed by atoms with van der Waals surface area (Å²) < 4.78 is 0. The van der Waals surface area contributed by atoms with Gasteiger partial charge in [0, 0.05) is 5.75 Å². The number of carbonyl (C=O) groups is 2. The molecule has 5 heteroatoms. The molecule has 0 radical (unpaired) electrons. The summed E-state index contributed by atoms with van der Waals surface area (Å²) in [5, 5.41) is 11.1. The van der Waals surface area contributed by atoms with E-state index in [0.29, 0.717) is 0 Å². The predicted octanol–water partition coefficient (Wildman–Crippen LogP) is 1.82. The van der Waals surface area contributed by atoms with Gasteiger partial charge in [0.1, 0.15) is 6.04 Å². The molecule has 4 nitrogen and oxygen atoms in total. The summed E-state index contributed by atoms with van der Waals surface area (Å²) in [6, 6.07) is 7.28. The van der Waals surface area contributed by atoms with Crippen molar-refractivity contribution in [2.24, 2.45) is 0 Å². The Balaban J connectivity index is 2.27. The van der Waals surface area contributed by atoms with Gasteiger partial charge in [0.25, 0.3) is 0 Å². The molecule has 0 unspecified atom stereocenters. The highest BCUT2D eigenvalue weighted by Crippen LogP contribution is 2.12. The Hall–Kier alpha value is -1.49. The lowest BCUT2D eigenvalue weighted by molar-refractivity contribution is -0.140. The second-order valence-electron chi connectivity index (χ2n) is 4.11. The third kappa shape index (κ3) is 5.23. The van der Waals surface area contributed by atoms with Crippen molar-refractivity contribution in [2.45, 2.75) is 25.6 Å². The maximum Gasteiger partial charge on any atom is 0.325 e. The number of thioether (sulfide) groups is 1. The lowest BCUT2D eigenvalue weighted by Gasteiger charge is -2.08. The number of benzene rings is 1. The van der Waals surface area contributed by atoms with Gasteiger partial charge in [0.05, 0.1) is 5.75 Å². The minimum Gasteiger partial charge on any atom is -0.480 e. The zero-order chi connectivity index (χ0) is 13.5. The average molecular weight is 267 g/mol. The highest BCUT2D eigenvalue weighted by Gasteiger charge is 2.13. The molecular weight excluding hydrogens is 250 g/mol. The first-order valence-electron chi connectivity index (χ1n) is 5.64. The molecule has 2 N–H and O–H groups in total. The van der Waals surface area contributed by atoms with E-state index in [2.05, 4.69) is 5.32 Å². The molecule has 0 aromatic heterocycles. The van der Waals surface area contributed by atoms with Crippen LogP contribution in [0.4, 0.5) is 0 Å². The zero-order valence-corrected chi connectivity index (χ0v) is 11.3. The van der Waals surface area contributed by atoms with Gasteiger partial charge >= 0.3 is 5.97 Å². The monoisotopic (exact) mass is 267 g/mol. The lowest BCUT2D eigenvalue weighted by atomic mass is 10.2. The highest BCUT2D eigenvalue weighted by atomic mass is 32.2. The van der Waals surface area contributed by atoms with E-state index in [1.165, 1.54) is 24.2 Å². The summed E-state index contributed by atoms with van der Waals surface area (Å²) in [6.45, 7) is 3.47. The Bertz CT molecular complexity index is 417. The first-order chi connectivity index (χ1) is 8.49. The van der Waals surface area contributed by atoms with Crippen molar-refractivity contribution in [3.05, 3.63) is 35.4 Å². The van der Waals surface area contributed by atoms with E-state index in [4.69, 9.17) is 5.11 Å². The Kier molecular flexibility index (Phi) is 5.71. The Labute approximate surface area is 111 Å². The van der Waals surface area contributed by atoms with Gasteiger partial charge < -0.3 is 10.4 Å². The highest BCUT2D eigenvalue weighted by molar-refractivity contribution is 7.99. The van der Waals surface area contributed by atoms with Crippen LogP contribution in [-0.4, -0.2) is 28.8 Å². The molecule has 0 heterocycles. The minimum absolute atomic E-state index is 0.248. The number of carboxylic acid groups (broad SMARTS) is 1. The van der Waals surface area contributed by atoms with Gasteiger partial charge in [-0.1, -0.05) is 29.8 Å². The second kappa shape index (κ2) is 7.06. The predicted molar refractivity (Wildman–Crippen MR) is 72.6 cm³/mol. The van der Waals surface area contributed by atoms with E-state index >= 15 is 0 Å². The summed E-state index contributed by atoms with van der Waals surface area (Å²) in [5.41, 5.74) is 2.36. The SMILES string of the molecule is Cc1ccc(CSCC(=O)N[C@H](C)C(=O)O)cc1. The number of rotatable bonds is 6. The Morgan fingerprint density at radius 3 is 2.50 bits per heavy atom. The fourth-order valence-corrected chi connectivity index (χ4v) is 2.09. The molecule has 0 aliphatic rings. The summed E-state index contributed by atoms with van der Waals surface area (Å²) in [7, 11) is 0. The molecular formula is C13H17NO3S. The van der Waals surface area contributed by atoms with Crippen LogP contribution >= 0.6 is 11.8 Å². The molecule has 0 aliphatic carbocycles. The number of carboxylic acids is 1. The fourth-order valence-electron chi connectivity index (χ4n) is 1.29. The van der Waals surface area contributed by atoms with Gasteiger partial charge in [0.2, 0.25) is 5.91 Å². The summed E-state index contributed by atoms with van der Waals surface area (Å²) in [5.74, 6) is -0.255. The molecule has 98 valence electrons. The van der Waals surface area contributed by atoms with Crippen molar-refractivity contribution in [2.75, 3.05) is 5.75 Å². The Morgan fingerprint density at radius 1 is 1.33 bits per heavy atom. The molecule has 1 rings (SSSR count). The number of aliphatic carboxylic acids is 1. The molecule has 0 saturated carbocycles. The van der Waals surface area contributed by atoms with Gasteiger partial charge in [-0.15, -0.1) is 11.8 Å². The smallest absolute Gasteiger partial charge is 0.325 e. The van der Waals surface area contributed by atoms with Crippen LogP contribution in [-0.2, 0) is 15.3 Å². The van der Waals surface area contributed by atoms with Crippen molar-refractivity contribution >= 4 is 23.6 Å². The zero-order valence-electron chi connectivity index (χ0n) is 10.5. The number of aryl methyl sites for hydroxylation is 1. The summed E-state index contributed by atoms with van der Waals surface area (Å²) >= 11 is 1.47. The van der Waals surface area contributed by atoms with Crippen LogP contribution in [0, 0.1) is 6.92 Å². The normalized spacial score (nSPS) is 11.9. The van der Waals surface area contributed by atoms with Crippen LogP contribution in [0.2, 0.25) is 0 Å². The molecule has 1 amide bonds. The van der Waals surface area contributed by atoms with Gasteiger partial charge in [0.15, 0.2) is 0 Å². The van der Waals surface area contributed by atoms with E-state index in [1.807, 2.05) is 31.2 Å². The molecule has 1 aromatic rings. The lowest BCUT2D eigenvalue weighted by Crippen LogP contribution is -2.39. The van der Waals surface area contributed by atoms with Crippen LogP contribution < -0.4 is 5.32 Å². The first kappa shape index (κ1) is 14.6. The fraction of sp³-hybridized carbons (Fsp3) is 0.385. The average Bonchev–Trinajstić information content (AvgIpc) is 2.31. The Morgan fingerprint density at radius 2 is 1.94 bits per heavy atom. The van der Waals surface area contributed by atoms with E-state index in [-0.39, 0.29) is 11.7 Å². The first-order valence-corrected chi connectivity index (χ1v) is 6.80. The molecule has 0 saturated heterocycles. The molecule has 0 spiro atoms. The molecule has 1 atom stereocenters. The number of hydrogen-bond donors (Lipinski definition) is 2. The quantitative estimate of drug-likeness (QED) is 0.825. The van der Waals surface area contributed by atoms with Crippen molar-refractivity contribution in [1.29, 1.82) is 0 Å². The van der Waals surface area contributed by atoms with Crippen LogP contribution in [0.5, 0.6) is 0 Å². The van der Waals surface area contributed by atoms with Gasteiger partial charge in [-0.05, 0) is 19.4 Å². The summed E-state index contributed by atoms with van der Waals surface area (Å²) in [6.07, 6.45) is 0. The second-order valence-corrected chi connectivity index (χ2v) is 5.09. The molecule has 0 fully saturated rings. The topological polar surface area (TPSA) is 66.4 Å². The van der Waals surface area contributed by atoms with Gasteiger partial charge in [-0.2, -0.15) is 0 Å². The number of nitrogens with one attached hydrogen (secondary N) is 1. The number of amides is 1. The van der Waals surface area contributed by atoms with Crippen molar-refractivity contribution in [3.63, 3.8) is 0 Å². The molecule has 0 aliphatic heterocycles. The molecule has 0 bridgehead atoms. The third-order valence-electron chi connectivity index (χ3n) is 2.37. The third-order valence-corrected chi connectivity index (χ3v) is 3.37. The van der Waals surface area contributed by atoms with Gasteiger partial charge in [-0.3, -0.25) is 9.59 Å². The molecule has 1 aromatic carbocycles. The van der Waals surface area contributed by atoms with Crippen LogP contribution in [0.25, 0.3) is 0 Å². The summed E-state index contributed by atoms with van der Waals surface area (Å²) in [4.78, 5) is 21.9. The standard InChI is InChI=1S/C13H17NO3S/c1-9-3-5-11(6-4-9)7-18-8-12(15)14-10(2)13(16)17/h3-6,10H,7-8H2,1-2H3,(H,14,15)(H,16,17)/t10-/m1/s1. The van der Waals surface area contributed by atoms with E-state index in [9.17, 15) is 9.59 Å². The van der Waals surface area contributed by atoms with Crippen LogP contribution in [0.3, 0.4) is 0 Å². The van der Waals surface area contributed by atoms with Gasteiger partial charge in [-0.25, -0.2) is 0 Å².